The van der Waals surface area contributed by atoms with Gasteiger partial charge in [-0.15, -0.1) is 0 Å². The highest BCUT2D eigenvalue weighted by Crippen LogP contribution is 2.30. The summed E-state index contributed by atoms with van der Waals surface area (Å²) in [6.45, 7) is 3.13. The highest BCUT2D eigenvalue weighted by atomic mass is 19.3. The van der Waals surface area contributed by atoms with Crippen LogP contribution in [0.15, 0.2) is 12.1 Å². The molecule has 0 heterocycles. The van der Waals surface area contributed by atoms with Gasteiger partial charge in [-0.3, -0.25) is 4.79 Å². The number of carbonyl (C=O) groups is 1. The van der Waals surface area contributed by atoms with Crippen LogP contribution in [0.2, 0.25) is 0 Å². The van der Waals surface area contributed by atoms with Crippen LogP contribution in [-0.2, 0) is 0 Å². The lowest BCUT2D eigenvalue weighted by Gasteiger charge is -2.11. The van der Waals surface area contributed by atoms with Gasteiger partial charge in [-0.1, -0.05) is 0 Å². The van der Waals surface area contributed by atoms with Gasteiger partial charge < -0.3 is 4.74 Å². The second-order valence-electron chi connectivity index (χ2n) is 3.34. The molecular formula is C12H11F2NO2. The molecule has 0 fully saturated rings. The average molecular weight is 239 g/mol. The third kappa shape index (κ3) is 2.78. The molecule has 0 saturated heterocycles. The van der Waals surface area contributed by atoms with E-state index in [0.717, 1.165) is 12.1 Å². The van der Waals surface area contributed by atoms with Crippen molar-refractivity contribution in [3.05, 3.63) is 28.8 Å². The van der Waals surface area contributed by atoms with Crippen LogP contribution in [0.1, 0.15) is 41.8 Å². The maximum atomic E-state index is 12.6. The van der Waals surface area contributed by atoms with Gasteiger partial charge in [0, 0.05) is 11.1 Å². The van der Waals surface area contributed by atoms with E-state index in [1.54, 1.807) is 13.0 Å². The number of alkyl halides is 2. The summed E-state index contributed by atoms with van der Waals surface area (Å²) in [6, 6.07) is 3.94. The summed E-state index contributed by atoms with van der Waals surface area (Å²) in [4.78, 5) is 11.3. The Kier molecular flexibility index (Phi) is 4.16. The molecule has 0 aliphatic carbocycles. The first-order chi connectivity index (χ1) is 8.01. The Morgan fingerprint density at radius 1 is 1.53 bits per heavy atom. The van der Waals surface area contributed by atoms with Crippen molar-refractivity contribution in [3.8, 4) is 11.8 Å². The molecule has 5 heteroatoms. The number of halogens is 2. The first-order valence-corrected chi connectivity index (χ1v) is 5.01. The van der Waals surface area contributed by atoms with Crippen molar-refractivity contribution in [2.24, 2.45) is 0 Å². The number of nitriles is 1. The minimum absolute atomic E-state index is 0.00347. The topological polar surface area (TPSA) is 50.1 Å². The summed E-state index contributed by atoms with van der Waals surface area (Å²) in [5.41, 5.74) is -0.352. The Bertz CT molecular complexity index is 478. The van der Waals surface area contributed by atoms with E-state index >= 15 is 0 Å². The van der Waals surface area contributed by atoms with Crippen LogP contribution < -0.4 is 4.74 Å². The summed E-state index contributed by atoms with van der Waals surface area (Å²) >= 11 is 0. The van der Waals surface area contributed by atoms with E-state index in [2.05, 4.69) is 0 Å². The van der Waals surface area contributed by atoms with Crippen molar-refractivity contribution in [2.45, 2.75) is 20.3 Å². The Morgan fingerprint density at radius 2 is 2.18 bits per heavy atom. The predicted octanol–water partition coefficient (Wildman–Crippen LogP) is 3.10. The van der Waals surface area contributed by atoms with Crippen LogP contribution in [0.3, 0.4) is 0 Å². The third-order valence-corrected chi connectivity index (χ3v) is 2.17. The number of nitrogens with zero attached hydrogens (tertiary/aromatic N) is 1. The van der Waals surface area contributed by atoms with Crippen molar-refractivity contribution in [2.75, 3.05) is 6.61 Å². The van der Waals surface area contributed by atoms with Crippen LogP contribution in [0, 0.1) is 11.3 Å². The second kappa shape index (κ2) is 5.39. The fourth-order valence-electron chi connectivity index (χ4n) is 1.43. The first kappa shape index (κ1) is 13.1. The largest absolute Gasteiger partial charge is 0.492 e. The smallest absolute Gasteiger partial charge is 0.264 e. The monoisotopic (exact) mass is 239 g/mol. The van der Waals surface area contributed by atoms with Crippen molar-refractivity contribution >= 4 is 5.78 Å². The van der Waals surface area contributed by atoms with Gasteiger partial charge in [-0.2, -0.15) is 5.26 Å². The molecule has 1 aromatic carbocycles. The van der Waals surface area contributed by atoms with Gasteiger partial charge in [0.05, 0.1) is 6.61 Å². The molecule has 1 rings (SSSR count). The van der Waals surface area contributed by atoms with Crippen molar-refractivity contribution in [1.29, 1.82) is 5.26 Å². The summed E-state index contributed by atoms with van der Waals surface area (Å²) in [5.74, 6) is -0.414. The SMILES string of the molecule is CCOc1cc(C(F)F)cc(C(C)=O)c1C#N. The van der Waals surface area contributed by atoms with E-state index in [4.69, 9.17) is 10.00 Å². The van der Waals surface area contributed by atoms with E-state index in [9.17, 15) is 13.6 Å². The molecule has 0 amide bonds. The highest BCUT2D eigenvalue weighted by Gasteiger charge is 2.18. The minimum atomic E-state index is -2.71. The van der Waals surface area contributed by atoms with E-state index < -0.39 is 12.2 Å². The highest BCUT2D eigenvalue weighted by molar-refractivity contribution is 5.97. The van der Waals surface area contributed by atoms with Gasteiger partial charge in [0.1, 0.15) is 17.4 Å². The van der Waals surface area contributed by atoms with Crippen LogP contribution in [0.5, 0.6) is 5.75 Å². The number of hydrogen-bond acceptors (Lipinski definition) is 3. The molecule has 0 spiro atoms. The predicted molar refractivity (Wildman–Crippen MR) is 57.3 cm³/mol. The average Bonchev–Trinajstić information content (AvgIpc) is 2.28. The zero-order valence-electron chi connectivity index (χ0n) is 9.46. The first-order valence-electron chi connectivity index (χ1n) is 5.01. The molecule has 0 N–H and O–H groups in total. The van der Waals surface area contributed by atoms with Crippen molar-refractivity contribution in [3.63, 3.8) is 0 Å². The van der Waals surface area contributed by atoms with Crippen LogP contribution in [0.4, 0.5) is 8.78 Å². The number of benzene rings is 1. The summed E-state index contributed by atoms with van der Waals surface area (Å²) in [6.07, 6.45) is -2.71. The van der Waals surface area contributed by atoms with Gasteiger partial charge >= 0.3 is 0 Å². The standard InChI is InChI=1S/C12H11F2NO2/c1-3-17-11-5-8(12(13)14)4-9(7(2)16)10(11)6-15/h4-5,12H,3H2,1-2H3. The Hall–Kier alpha value is -1.96. The summed E-state index contributed by atoms with van der Waals surface area (Å²) in [7, 11) is 0. The van der Waals surface area contributed by atoms with Crippen LogP contribution in [-0.4, -0.2) is 12.4 Å². The fourth-order valence-corrected chi connectivity index (χ4v) is 1.43. The fraction of sp³-hybridized carbons (Fsp3) is 0.333. The molecule has 0 radical (unpaired) electrons. The molecule has 17 heavy (non-hydrogen) atoms. The Balaban J connectivity index is 3.47. The Labute approximate surface area is 97.6 Å². The van der Waals surface area contributed by atoms with Crippen molar-refractivity contribution in [1.82, 2.24) is 0 Å². The molecule has 0 aromatic heterocycles. The van der Waals surface area contributed by atoms with E-state index in [-0.39, 0.29) is 29.0 Å². The lowest BCUT2D eigenvalue weighted by molar-refractivity contribution is 0.101. The number of hydrogen-bond donors (Lipinski definition) is 0. The number of carbonyl (C=O) groups excluding carboxylic acids is 1. The number of ether oxygens (including phenoxy) is 1. The molecule has 1 aromatic rings. The summed E-state index contributed by atoms with van der Waals surface area (Å²) in [5, 5.41) is 8.93. The van der Waals surface area contributed by atoms with E-state index in [0.29, 0.717) is 0 Å². The second-order valence-corrected chi connectivity index (χ2v) is 3.34. The molecule has 90 valence electrons. The lowest BCUT2D eigenvalue weighted by atomic mass is 10.0. The number of rotatable bonds is 4. The zero-order valence-corrected chi connectivity index (χ0v) is 9.46. The van der Waals surface area contributed by atoms with Gasteiger partial charge in [0.2, 0.25) is 0 Å². The zero-order chi connectivity index (χ0) is 13.0. The van der Waals surface area contributed by atoms with Gasteiger partial charge in [0.15, 0.2) is 5.78 Å². The number of Topliss-reactive ketones (excluding diaryl/α,β-unsaturated/α-hetero) is 1. The maximum absolute atomic E-state index is 12.6. The molecule has 0 unspecified atom stereocenters. The van der Waals surface area contributed by atoms with Gasteiger partial charge in [0.25, 0.3) is 6.43 Å². The third-order valence-electron chi connectivity index (χ3n) is 2.17. The lowest BCUT2D eigenvalue weighted by Crippen LogP contribution is -2.04. The molecular weight excluding hydrogens is 228 g/mol. The molecule has 0 atom stereocenters. The van der Waals surface area contributed by atoms with E-state index in [1.165, 1.54) is 6.92 Å². The molecule has 3 nitrogen and oxygen atoms in total. The minimum Gasteiger partial charge on any atom is -0.492 e. The molecule has 0 saturated carbocycles. The Morgan fingerprint density at radius 3 is 2.59 bits per heavy atom. The molecule has 0 bridgehead atoms. The van der Waals surface area contributed by atoms with Gasteiger partial charge in [-0.05, 0) is 26.0 Å². The van der Waals surface area contributed by atoms with Crippen LogP contribution >= 0.6 is 0 Å². The van der Waals surface area contributed by atoms with Crippen molar-refractivity contribution < 1.29 is 18.3 Å². The maximum Gasteiger partial charge on any atom is 0.264 e. The number of ketones is 1. The quantitative estimate of drug-likeness (QED) is 0.758. The molecule has 0 aliphatic rings. The summed E-state index contributed by atoms with van der Waals surface area (Å²) < 4.78 is 30.3. The van der Waals surface area contributed by atoms with E-state index in [1.807, 2.05) is 0 Å². The van der Waals surface area contributed by atoms with Gasteiger partial charge in [-0.25, -0.2) is 8.78 Å². The normalized spacial score (nSPS) is 10.1. The van der Waals surface area contributed by atoms with Crippen LogP contribution in [0.25, 0.3) is 0 Å². The molecule has 0 aliphatic heterocycles.